The lowest BCUT2D eigenvalue weighted by molar-refractivity contribution is 0.100. The number of unbranched alkanes of at least 4 members (excludes halogenated alkanes) is 2. The second kappa shape index (κ2) is 7.00. The molecule has 26 heavy (non-hydrogen) atoms. The number of amides is 1. The zero-order valence-electron chi connectivity index (χ0n) is 15.2. The molecule has 0 unspecified atom stereocenters. The number of carbonyl (C=O) groups excluding carboxylic acids is 1. The van der Waals surface area contributed by atoms with Crippen LogP contribution in [0.25, 0.3) is 11.0 Å². The minimum atomic E-state index is -0.431. The van der Waals surface area contributed by atoms with Gasteiger partial charge in [-0.15, -0.1) is 0 Å². The predicted octanol–water partition coefficient (Wildman–Crippen LogP) is 2.53. The van der Waals surface area contributed by atoms with E-state index in [1.807, 2.05) is 12.1 Å². The van der Waals surface area contributed by atoms with Crippen molar-refractivity contribution >= 4 is 16.9 Å². The Hall–Kier alpha value is -1.92. The molecule has 2 heterocycles. The van der Waals surface area contributed by atoms with Crippen molar-refractivity contribution in [3.05, 3.63) is 29.6 Å². The highest BCUT2D eigenvalue weighted by Gasteiger charge is 2.50. The molecule has 1 aromatic heterocycles. The van der Waals surface area contributed by atoms with Crippen LogP contribution in [0.15, 0.2) is 18.2 Å². The lowest BCUT2D eigenvalue weighted by atomic mass is 9.79. The number of hydrogen-bond acceptors (Lipinski definition) is 4. The van der Waals surface area contributed by atoms with Gasteiger partial charge in [0, 0.05) is 13.2 Å². The van der Waals surface area contributed by atoms with E-state index in [9.17, 15) is 4.79 Å². The maximum Gasteiger partial charge on any atom is 0.250 e. The van der Waals surface area contributed by atoms with Crippen LogP contribution in [-0.4, -0.2) is 45.6 Å². The number of rotatable bonds is 7. The highest BCUT2D eigenvalue weighted by Crippen LogP contribution is 2.50. The molecular formula is C20H28N4O2. The maximum atomic E-state index is 11.8. The average Bonchev–Trinajstić information content (AvgIpc) is 3.18. The Kier molecular flexibility index (Phi) is 4.71. The van der Waals surface area contributed by atoms with Crippen LogP contribution in [0, 0.1) is 5.92 Å². The number of aliphatic hydroxyl groups is 1. The summed E-state index contributed by atoms with van der Waals surface area (Å²) in [6.45, 7) is 2.43. The highest BCUT2D eigenvalue weighted by atomic mass is 16.2. The third-order valence-corrected chi connectivity index (χ3v) is 6.22. The Labute approximate surface area is 153 Å². The van der Waals surface area contributed by atoms with Crippen LogP contribution in [-0.2, 0) is 5.54 Å². The number of aromatic nitrogens is 2. The minimum Gasteiger partial charge on any atom is -0.396 e. The SMILES string of the molecule is NC(=O)c1cccc2[nH]c([C@]34CCC[C@@H](CN3CCCCCO)C4)nc12. The molecular weight excluding hydrogens is 328 g/mol. The summed E-state index contributed by atoms with van der Waals surface area (Å²) in [6, 6.07) is 5.57. The molecule has 0 spiro atoms. The Balaban J connectivity index is 1.68. The second-order valence-corrected chi connectivity index (χ2v) is 7.88. The van der Waals surface area contributed by atoms with E-state index in [4.69, 9.17) is 15.8 Å². The third-order valence-electron chi connectivity index (χ3n) is 6.22. The lowest BCUT2D eigenvalue weighted by Gasteiger charge is -2.38. The number of benzene rings is 1. The van der Waals surface area contributed by atoms with Gasteiger partial charge in [0.15, 0.2) is 0 Å². The summed E-state index contributed by atoms with van der Waals surface area (Å²) in [5.41, 5.74) is 7.56. The largest absolute Gasteiger partial charge is 0.396 e. The van der Waals surface area contributed by atoms with E-state index in [0.29, 0.717) is 11.1 Å². The Morgan fingerprint density at radius 1 is 1.38 bits per heavy atom. The van der Waals surface area contributed by atoms with Crippen molar-refractivity contribution in [1.29, 1.82) is 0 Å². The van der Waals surface area contributed by atoms with E-state index in [-0.39, 0.29) is 12.1 Å². The van der Waals surface area contributed by atoms with Crippen LogP contribution in [0.5, 0.6) is 0 Å². The van der Waals surface area contributed by atoms with E-state index in [1.165, 1.54) is 12.8 Å². The number of carbonyl (C=O) groups is 1. The van der Waals surface area contributed by atoms with Crippen LogP contribution in [0.1, 0.15) is 61.1 Å². The molecule has 6 nitrogen and oxygen atoms in total. The zero-order valence-corrected chi connectivity index (χ0v) is 15.2. The maximum absolute atomic E-state index is 11.8. The Morgan fingerprint density at radius 2 is 2.27 bits per heavy atom. The number of nitrogens with one attached hydrogen (secondary N) is 1. The first kappa shape index (κ1) is 17.5. The average molecular weight is 356 g/mol. The van der Waals surface area contributed by atoms with Crippen LogP contribution >= 0.6 is 0 Å². The minimum absolute atomic E-state index is 0.0456. The number of fused-ring (bicyclic) bond motifs is 3. The van der Waals surface area contributed by atoms with Crippen LogP contribution in [0.2, 0.25) is 0 Å². The molecule has 1 saturated carbocycles. The number of hydrogen-bond donors (Lipinski definition) is 3. The Bertz CT molecular complexity index is 802. The van der Waals surface area contributed by atoms with Crippen molar-refractivity contribution in [3.63, 3.8) is 0 Å². The number of primary amides is 1. The molecule has 1 aromatic carbocycles. The molecule has 2 fully saturated rings. The van der Waals surface area contributed by atoms with Gasteiger partial charge in [-0.2, -0.15) is 0 Å². The molecule has 4 N–H and O–H groups in total. The van der Waals surface area contributed by atoms with Gasteiger partial charge in [-0.25, -0.2) is 4.98 Å². The standard InChI is InChI=1S/C20H28N4O2/c21-18(26)15-7-4-8-16-17(15)23-19(22-16)20-9-5-6-14(12-20)13-24(20)10-2-1-3-11-25/h4,7-8,14,25H,1-3,5-6,9-13H2,(H2,21,26)(H,22,23)/t14-,20-/m1/s1. The monoisotopic (exact) mass is 356 g/mol. The number of para-hydroxylation sites is 1. The summed E-state index contributed by atoms with van der Waals surface area (Å²) in [5.74, 6) is 1.29. The number of nitrogens with two attached hydrogens (primary N) is 1. The van der Waals surface area contributed by atoms with Gasteiger partial charge in [0.1, 0.15) is 11.3 Å². The van der Waals surface area contributed by atoms with E-state index in [0.717, 1.165) is 62.5 Å². The van der Waals surface area contributed by atoms with Crippen LogP contribution < -0.4 is 5.73 Å². The van der Waals surface area contributed by atoms with Gasteiger partial charge in [-0.05, 0) is 63.1 Å². The predicted molar refractivity (Wildman–Crippen MR) is 101 cm³/mol. The van der Waals surface area contributed by atoms with Crippen molar-refractivity contribution in [2.75, 3.05) is 19.7 Å². The molecule has 2 aliphatic rings. The molecule has 2 aromatic rings. The van der Waals surface area contributed by atoms with Gasteiger partial charge in [-0.3, -0.25) is 9.69 Å². The molecule has 2 bridgehead atoms. The number of aromatic amines is 1. The fourth-order valence-electron chi connectivity index (χ4n) is 5.01. The van der Waals surface area contributed by atoms with E-state index in [1.54, 1.807) is 6.07 Å². The van der Waals surface area contributed by atoms with E-state index in [2.05, 4.69) is 9.88 Å². The quantitative estimate of drug-likeness (QED) is 0.664. The van der Waals surface area contributed by atoms with Gasteiger partial charge in [-0.1, -0.05) is 12.5 Å². The van der Waals surface area contributed by atoms with Crippen molar-refractivity contribution in [1.82, 2.24) is 14.9 Å². The Morgan fingerprint density at radius 3 is 3.08 bits per heavy atom. The van der Waals surface area contributed by atoms with Gasteiger partial charge >= 0.3 is 0 Å². The van der Waals surface area contributed by atoms with Gasteiger partial charge in [0.2, 0.25) is 0 Å². The summed E-state index contributed by atoms with van der Waals surface area (Å²) >= 11 is 0. The number of likely N-dealkylation sites (tertiary alicyclic amines) is 1. The number of H-pyrrole nitrogens is 1. The van der Waals surface area contributed by atoms with Crippen molar-refractivity contribution < 1.29 is 9.90 Å². The van der Waals surface area contributed by atoms with Crippen molar-refractivity contribution in [2.24, 2.45) is 11.7 Å². The molecule has 6 heteroatoms. The summed E-state index contributed by atoms with van der Waals surface area (Å²) in [7, 11) is 0. The fourth-order valence-corrected chi connectivity index (χ4v) is 5.01. The number of aliphatic hydroxyl groups excluding tert-OH is 1. The molecule has 140 valence electrons. The summed E-state index contributed by atoms with van der Waals surface area (Å²) < 4.78 is 0. The number of nitrogens with zero attached hydrogens (tertiary/aromatic N) is 2. The van der Waals surface area contributed by atoms with Crippen LogP contribution in [0.3, 0.4) is 0 Å². The smallest absolute Gasteiger partial charge is 0.250 e. The molecule has 2 atom stereocenters. The fraction of sp³-hybridized carbons (Fsp3) is 0.600. The summed E-state index contributed by atoms with van der Waals surface area (Å²) in [4.78, 5) is 22.8. The first-order chi connectivity index (χ1) is 12.6. The summed E-state index contributed by atoms with van der Waals surface area (Å²) in [6.07, 6.45) is 7.78. The number of imidazole rings is 1. The van der Waals surface area contributed by atoms with Gasteiger partial charge in [0.05, 0.1) is 16.6 Å². The molecule has 4 rings (SSSR count). The van der Waals surface area contributed by atoms with Crippen LogP contribution in [0.4, 0.5) is 0 Å². The molecule has 0 radical (unpaired) electrons. The zero-order chi connectivity index (χ0) is 18.1. The molecule has 1 aliphatic heterocycles. The van der Waals surface area contributed by atoms with E-state index < -0.39 is 5.91 Å². The van der Waals surface area contributed by atoms with Gasteiger partial charge < -0.3 is 15.8 Å². The first-order valence-electron chi connectivity index (χ1n) is 9.79. The normalized spacial score (nSPS) is 25.8. The first-order valence-corrected chi connectivity index (χ1v) is 9.79. The highest BCUT2D eigenvalue weighted by molar-refractivity contribution is 6.04. The second-order valence-electron chi connectivity index (χ2n) is 7.88. The van der Waals surface area contributed by atoms with Crippen molar-refractivity contribution in [3.8, 4) is 0 Å². The molecule has 1 amide bonds. The van der Waals surface area contributed by atoms with Crippen molar-refractivity contribution in [2.45, 2.75) is 50.5 Å². The third kappa shape index (κ3) is 2.91. The molecule has 1 saturated heterocycles. The lowest BCUT2D eigenvalue weighted by Crippen LogP contribution is -2.42. The molecule has 1 aliphatic carbocycles. The van der Waals surface area contributed by atoms with E-state index >= 15 is 0 Å². The summed E-state index contributed by atoms with van der Waals surface area (Å²) in [5, 5.41) is 9.02. The van der Waals surface area contributed by atoms with Gasteiger partial charge in [0.25, 0.3) is 5.91 Å². The topological polar surface area (TPSA) is 95.2 Å².